The van der Waals surface area contributed by atoms with Crippen molar-refractivity contribution in [2.45, 2.75) is 49.8 Å². The number of alkyl halides is 2. The Balaban J connectivity index is 1.67. The Morgan fingerprint density at radius 2 is 1.91 bits per heavy atom. The van der Waals surface area contributed by atoms with Crippen LogP contribution in [0.3, 0.4) is 0 Å². The minimum absolute atomic E-state index is 0.0200. The second kappa shape index (κ2) is 9.77. The first kappa shape index (κ1) is 23.6. The van der Waals surface area contributed by atoms with Gasteiger partial charge in [0, 0.05) is 22.3 Å². The molecule has 0 amide bonds. The molecule has 1 N–H and O–H groups in total. The molecular formula is C24H28F3N5S. The van der Waals surface area contributed by atoms with Crippen molar-refractivity contribution in [3.63, 3.8) is 0 Å². The highest BCUT2D eigenvalue weighted by molar-refractivity contribution is 8.14. The molecule has 0 saturated carbocycles. The van der Waals surface area contributed by atoms with E-state index in [0.29, 0.717) is 22.5 Å². The summed E-state index contributed by atoms with van der Waals surface area (Å²) < 4.78 is 40.6. The minimum atomic E-state index is -2.86. The van der Waals surface area contributed by atoms with Crippen LogP contribution in [0, 0.1) is 19.7 Å². The van der Waals surface area contributed by atoms with Crippen molar-refractivity contribution in [3.05, 3.63) is 52.7 Å². The van der Waals surface area contributed by atoms with Gasteiger partial charge in [0.2, 0.25) is 0 Å². The van der Waals surface area contributed by atoms with E-state index in [1.165, 1.54) is 12.1 Å². The third-order valence-electron chi connectivity index (χ3n) is 6.08. The summed E-state index contributed by atoms with van der Waals surface area (Å²) in [4.78, 5) is 17.1. The Labute approximate surface area is 194 Å². The van der Waals surface area contributed by atoms with Gasteiger partial charge in [-0.1, -0.05) is 24.1 Å². The van der Waals surface area contributed by atoms with Crippen molar-refractivity contribution in [2.75, 3.05) is 25.5 Å². The minimum Gasteiger partial charge on any atom is -0.365 e. The second-order valence-corrected chi connectivity index (χ2v) is 10.4. The number of halogens is 3. The average Bonchev–Trinajstić information content (AvgIpc) is 2.77. The lowest BCUT2D eigenvalue weighted by Gasteiger charge is -2.31. The number of anilines is 1. The zero-order chi connectivity index (χ0) is 23.7. The number of aryl methyl sites for hydroxylation is 2. The number of nitrogens with one attached hydrogen (secondary N) is 1. The number of piperidine rings is 1. The lowest BCUT2D eigenvalue weighted by Crippen LogP contribution is -2.32. The van der Waals surface area contributed by atoms with E-state index in [1.54, 1.807) is 6.92 Å². The van der Waals surface area contributed by atoms with Gasteiger partial charge in [-0.05, 0) is 52.9 Å². The number of nitrogens with zero attached hydrogens (tertiary/aromatic N) is 4. The standard InChI is InChI=1S/C24H28F3N5S/c1-14-20(33(4)17-8-10-32(3)11-9-17)12-19-23(30-15(2)31-24(19)29-14)28-13-16-6-5-7-18(21(16)25)22(26)27/h5-7,12,17,22H,4,8-11,13H2,1-3H3,(H,28,29,30,31). The molecule has 1 aliphatic heterocycles. The highest BCUT2D eigenvalue weighted by Crippen LogP contribution is 2.39. The fraction of sp³-hybridized carbons (Fsp3) is 0.417. The van der Waals surface area contributed by atoms with E-state index in [2.05, 4.69) is 33.1 Å². The molecule has 176 valence electrons. The number of hydrogen-bond acceptors (Lipinski definition) is 5. The SMILES string of the molecule is C=S(c1cc2c(NCc3cccc(C(F)F)c3F)nc(C)nc2nc1C)C1CCN(C)CC1. The van der Waals surface area contributed by atoms with Crippen LogP contribution in [0.1, 0.15) is 41.9 Å². The Bertz CT molecular complexity index is 1190. The van der Waals surface area contributed by atoms with Crippen molar-refractivity contribution in [2.24, 2.45) is 0 Å². The maximum Gasteiger partial charge on any atom is 0.266 e. The summed E-state index contributed by atoms with van der Waals surface area (Å²) in [6.45, 7) is 5.87. The van der Waals surface area contributed by atoms with E-state index in [-0.39, 0.29) is 22.6 Å². The molecule has 33 heavy (non-hydrogen) atoms. The summed E-state index contributed by atoms with van der Waals surface area (Å²) >= 11 is 0. The lowest BCUT2D eigenvalue weighted by molar-refractivity contribution is 0.146. The zero-order valence-electron chi connectivity index (χ0n) is 19.0. The van der Waals surface area contributed by atoms with Crippen molar-refractivity contribution >= 4 is 33.2 Å². The van der Waals surface area contributed by atoms with Gasteiger partial charge in [0.1, 0.15) is 17.5 Å². The van der Waals surface area contributed by atoms with E-state index >= 15 is 0 Å². The summed E-state index contributed by atoms with van der Waals surface area (Å²) in [5.41, 5.74) is 1.01. The second-order valence-electron chi connectivity index (χ2n) is 8.47. The number of likely N-dealkylation sites (tertiary alicyclic amines) is 1. The van der Waals surface area contributed by atoms with Crippen LogP contribution in [-0.4, -0.2) is 51.1 Å². The quantitative estimate of drug-likeness (QED) is 0.478. The van der Waals surface area contributed by atoms with Gasteiger partial charge in [0.15, 0.2) is 5.65 Å². The Hall–Kier alpha value is -2.52. The first-order valence-electron chi connectivity index (χ1n) is 10.9. The van der Waals surface area contributed by atoms with Crippen molar-refractivity contribution in [1.29, 1.82) is 0 Å². The van der Waals surface area contributed by atoms with Crippen LogP contribution in [0.5, 0.6) is 0 Å². The molecule has 1 fully saturated rings. The van der Waals surface area contributed by atoms with Crippen LogP contribution in [-0.2, 0) is 6.54 Å². The summed E-state index contributed by atoms with van der Waals surface area (Å²) in [5, 5.41) is 4.34. The Morgan fingerprint density at radius 1 is 1.18 bits per heavy atom. The first-order chi connectivity index (χ1) is 15.7. The van der Waals surface area contributed by atoms with Crippen LogP contribution in [0.4, 0.5) is 19.0 Å². The molecule has 1 aliphatic rings. The normalized spacial score (nSPS) is 16.5. The predicted octanol–water partition coefficient (Wildman–Crippen LogP) is 5.48. The zero-order valence-corrected chi connectivity index (χ0v) is 19.9. The van der Waals surface area contributed by atoms with Crippen LogP contribution in [0.15, 0.2) is 29.2 Å². The van der Waals surface area contributed by atoms with Crippen molar-refractivity contribution in [3.8, 4) is 0 Å². The fourth-order valence-electron chi connectivity index (χ4n) is 4.17. The molecule has 1 aromatic carbocycles. The average molecular weight is 476 g/mol. The molecule has 2 aromatic heterocycles. The number of benzene rings is 1. The number of rotatable bonds is 6. The topological polar surface area (TPSA) is 53.9 Å². The summed E-state index contributed by atoms with van der Waals surface area (Å²) in [6, 6.07) is 6.07. The number of fused-ring (bicyclic) bond motifs is 1. The van der Waals surface area contributed by atoms with Gasteiger partial charge in [0.05, 0.1) is 16.6 Å². The van der Waals surface area contributed by atoms with E-state index in [0.717, 1.165) is 48.0 Å². The van der Waals surface area contributed by atoms with Gasteiger partial charge in [-0.25, -0.2) is 28.1 Å². The number of pyridine rings is 1. The molecule has 5 nitrogen and oxygen atoms in total. The molecule has 4 rings (SSSR count). The molecule has 0 radical (unpaired) electrons. The first-order valence-corrected chi connectivity index (χ1v) is 12.4. The molecule has 1 unspecified atom stereocenters. The summed E-state index contributed by atoms with van der Waals surface area (Å²) in [5.74, 6) is 4.63. The smallest absolute Gasteiger partial charge is 0.266 e. The largest absolute Gasteiger partial charge is 0.365 e. The molecule has 3 aromatic rings. The van der Waals surface area contributed by atoms with Gasteiger partial charge in [0.25, 0.3) is 6.43 Å². The fourth-order valence-corrected chi connectivity index (χ4v) is 6.00. The number of aromatic nitrogens is 3. The Kier molecular flexibility index (Phi) is 6.99. The molecule has 0 bridgehead atoms. The predicted molar refractivity (Wildman–Crippen MR) is 129 cm³/mol. The summed E-state index contributed by atoms with van der Waals surface area (Å²) in [7, 11) is 1.90. The molecular weight excluding hydrogens is 447 g/mol. The van der Waals surface area contributed by atoms with Crippen LogP contribution in [0.2, 0.25) is 0 Å². The van der Waals surface area contributed by atoms with Gasteiger partial charge < -0.3 is 10.2 Å². The van der Waals surface area contributed by atoms with E-state index < -0.39 is 17.8 Å². The van der Waals surface area contributed by atoms with Gasteiger partial charge in [-0.3, -0.25) is 0 Å². The van der Waals surface area contributed by atoms with E-state index in [1.807, 2.05) is 13.0 Å². The molecule has 1 atom stereocenters. The van der Waals surface area contributed by atoms with Crippen molar-refractivity contribution < 1.29 is 13.2 Å². The summed E-state index contributed by atoms with van der Waals surface area (Å²) in [6.07, 6.45) is -0.678. The van der Waals surface area contributed by atoms with Crippen molar-refractivity contribution in [1.82, 2.24) is 19.9 Å². The van der Waals surface area contributed by atoms with E-state index in [9.17, 15) is 13.2 Å². The highest BCUT2D eigenvalue weighted by Gasteiger charge is 2.22. The maximum atomic E-state index is 14.5. The Morgan fingerprint density at radius 3 is 2.61 bits per heavy atom. The lowest BCUT2D eigenvalue weighted by atomic mass is 10.1. The molecule has 0 aliphatic carbocycles. The molecule has 1 saturated heterocycles. The van der Waals surface area contributed by atoms with Crippen LogP contribution >= 0.6 is 10.5 Å². The van der Waals surface area contributed by atoms with Gasteiger partial charge in [-0.2, -0.15) is 10.5 Å². The maximum absolute atomic E-state index is 14.5. The van der Waals surface area contributed by atoms with Crippen LogP contribution in [0.25, 0.3) is 11.0 Å². The van der Waals surface area contributed by atoms with Gasteiger partial charge in [-0.15, -0.1) is 0 Å². The molecule has 3 heterocycles. The third-order valence-corrected chi connectivity index (χ3v) is 8.34. The molecule has 9 heteroatoms. The highest BCUT2D eigenvalue weighted by atomic mass is 32.2. The molecule has 0 spiro atoms. The number of hydrogen-bond donors (Lipinski definition) is 1. The monoisotopic (exact) mass is 475 g/mol. The van der Waals surface area contributed by atoms with Gasteiger partial charge >= 0.3 is 0 Å². The van der Waals surface area contributed by atoms with Crippen LogP contribution < -0.4 is 5.32 Å². The van der Waals surface area contributed by atoms with E-state index in [4.69, 9.17) is 4.98 Å². The third kappa shape index (κ3) is 5.04.